The fourth-order valence-corrected chi connectivity index (χ4v) is 4.67. The molecule has 1 aliphatic carbocycles. The molecule has 0 unspecified atom stereocenters. The second-order valence-electron chi connectivity index (χ2n) is 4.65. The molecule has 1 heterocycles. The van der Waals surface area contributed by atoms with Crippen LogP contribution in [0.1, 0.15) is 54.6 Å². The van der Waals surface area contributed by atoms with Crippen molar-refractivity contribution < 1.29 is 0 Å². The van der Waals surface area contributed by atoms with E-state index in [1.54, 1.807) is 0 Å². The van der Waals surface area contributed by atoms with E-state index >= 15 is 0 Å². The third-order valence-electron chi connectivity index (χ3n) is 3.24. The molecule has 0 saturated heterocycles. The number of thiazole rings is 1. The standard InChI is InChI=1S/C13H22N2S2/c1-2-5-11-12(8-14)17-13(15-11)9-16-10-6-3-4-7-10/h10H,2-9,14H2,1H3. The average molecular weight is 270 g/mol. The van der Waals surface area contributed by atoms with Gasteiger partial charge in [0, 0.05) is 22.4 Å². The number of hydrogen-bond acceptors (Lipinski definition) is 4. The number of nitrogens with zero attached hydrogens (tertiary/aromatic N) is 1. The summed E-state index contributed by atoms with van der Waals surface area (Å²) in [4.78, 5) is 6.05. The molecular weight excluding hydrogens is 248 g/mol. The molecule has 4 heteroatoms. The fourth-order valence-electron chi connectivity index (χ4n) is 2.33. The summed E-state index contributed by atoms with van der Waals surface area (Å²) in [5.41, 5.74) is 7.03. The van der Waals surface area contributed by atoms with Crippen LogP contribution in [0.15, 0.2) is 0 Å². The molecule has 0 amide bonds. The van der Waals surface area contributed by atoms with Crippen molar-refractivity contribution >= 4 is 23.1 Å². The molecule has 0 spiro atoms. The van der Waals surface area contributed by atoms with Gasteiger partial charge in [-0.1, -0.05) is 26.2 Å². The van der Waals surface area contributed by atoms with Crippen LogP contribution in [-0.2, 0) is 18.7 Å². The van der Waals surface area contributed by atoms with Crippen LogP contribution < -0.4 is 5.73 Å². The van der Waals surface area contributed by atoms with E-state index in [0.29, 0.717) is 6.54 Å². The lowest BCUT2D eigenvalue weighted by Crippen LogP contribution is -1.98. The minimum atomic E-state index is 0.654. The zero-order valence-corrected chi connectivity index (χ0v) is 12.2. The smallest absolute Gasteiger partial charge is 0.103 e. The van der Waals surface area contributed by atoms with Gasteiger partial charge < -0.3 is 5.73 Å². The molecule has 1 fully saturated rings. The summed E-state index contributed by atoms with van der Waals surface area (Å²) in [7, 11) is 0. The van der Waals surface area contributed by atoms with Gasteiger partial charge in [0.1, 0.15) is 5.01 Å². The highest BCUT2D eigenvalue weighted by Gasteiger charge is 2.16. The van der Waals surface area contributed by atoms with Crippen molar-refractivity contribution in [1.82, 2.24) is 4.98 Å². The van der Waals surface area contributed by atoms with Crippen LogP contribution in [0.4, 0.5) is 0 Å². The number of nitrogens with two attached hydrogens (primary N) is 1. The molecule has 96 valence electrons. The first-order valence-corrected chi connectivity index (χ1v) is 8.49. The zero-order chi connectivity index (χ0) is 12.1. The maximum absolute atomic E-state index is 5.78. The number of rotatable bonds is 6. The van der Waals surface area contributed by atoms with Crippen molar-refractivity contribution in [3.05, 3.63) is 15.6 Å². The molecule has 0 radical (unpaired) electrons. The molecule has 1 aromatic heterocycles. The van der Waals surface area contributed by atoms with E-state index < -0.39 is 0 Å². The van der Waals surface area contributed by atoms with E-state index in [9.17, 15) is 0 Å². The third kappa shape index (κ3) is 3.70. The molecule has 2 rings (SSSR count). The maximum atomic E-state index is 5.78. The summed E-state index contributed by atoms with van der Waals surface area (Å²) < 4.78 is 0. The van der Waals surface area contributed by atoms with E-state index in [-0.39, 0.29) is 0 Å². The topological polar surface area (TPSA) is 38.9 Å². The Bertz CT molecular complexity index is 343. The molecule has 0 aromatic carbocycles. The monoisotopic (exact) mass is 270 g/mol. The molecule has 2 N–H and O–H groups in total. The summed E-state index contributed by atoms with van der Waals surface area (Å²) in [5, 5.41) is 2.17. The largest absolute Gasteiger partial charge is 0.326 e. The Kier molecular flexibility index (Phi) is 5.32. The van der Waals surface area contributed by atoms with Crippen molar-refractivity contribution in [1.29, 1.82) is 0 Å². The van der Waals surface area contributed by atoms with Crippen molar-refractivity contribution in [3.63, 3.8) is 0 Å². The van der Waals surface area contributed by atoms with Crippen LogP contribution in [0.25, 0.3) is 0 Å². The summed E-state index contributed by atoms with van der Waals surface area (Å²) >= 11 is 3.92. The second-order valence-corrected chi connectivity index (χ2v) is 7.11. The second kappa shape index (κ2) is 6.76. The molecule has 17 heavy (non-hydrogen) atoms. The van der Waals surface area contributed by atoms with Gasteiger partial charge in [0.25, 0.3) is 0 Å². The minimum absolute atomic E-state index is 0.654. The Balaban J connectivity index is 1.90. The van der Waals surface area contributed by atoms with Crippen molar-refractivity contribution in [2.75, 3.05) is 0 Å². The Morgan fingerprint density at radius 1 is 1.41 bits per heavy atom. The summed E-state index contributed by atoms with van der Waals surface area (Å²) in [6.45, 7) is 2.85. The first-order chi connectivity index (χ1) is 8.33. The van der Waals surface area contributed by atoms with Crippen molar-refractivity contribution in [2.45, 2.75) is 63.0 Å². The first kappa shape index (κ1) is 13.4. The number of hydrogen-bond donors (Lipinski definition) is 1. The zero-order valence-electron chi connectivity index (χ0n) is 10.6. The predicted molar refractivity (Wildman–Crippen MR) is 77.6 cm³/mol. The Morgan fingerprint density at radius 3 is 2.82 bits per heavy atom. The van der Waals surface area contributed by atoms with Crippen LogP contribution in [0.3, 0.4) is 0 Å². The number of thioether (sulfide) groups is 1. The fraction of sp³-hybridized carbons (Fsp3) is 0.769. The van der Waals surface area contributed by atoms with Crippen LogP contribution in [0.2, 0.25) is 0 Å². The quantitative estimate of drug-likeness (QED) is 0.856. The van der Waals surface area contributed by atoms with Crippen LogP contribution in [-0.4, -0.2) is 10.2 Å². The molecule has 0 atom stereocenters. The van der Waals surface area contributed by atoms with Gasteiger partial charge in [0.15, 0.2) is 0 Å². The van der Waals surface area contributed by atoms with E-state index in [1.165, 1.54) is 41.3 Å². The molecule has 1 aromatic rings. The highest BCUT2D eigenvalue weighted by atomic mass is 32.2. The lowest BCUT2D eigenvalue weighted by Gasteiger charge is -2.05. The van der Waals surface area contributed by atoms with Gasteiger partial charge in [-0.25, -0.2) is 4.98 Å². The van der Waals surface area contributed by atoms with Crippen molar-refractivity contribution in [3.8, 4) is 0 Å². The van der Waals surface area contributed by atoms with E-state index in [0.717, 1.165) is 23.8 Å². The van der Waals surface area contributed by atoms with Gasteiger partial charge in [0.05, 0.1) is 5.69 Å². The van der Waals surface area contributed by atoms with Crippen LogP contribution in [0.5, 0.6) is 0 Å². The third-order valence-corrected chi connectivity index (χ3v) is 5.93. The predicted octanol–water partition coefficient (Wildman–Crippen LogP) is 3.73. The highest BCUT2D eigenvalue weighted by molar-refractivity contribution is 7.99. The molecular formula is C13H22N2S2. The number of aromatic nitrogens is 1. The van der Waals surface area contributed by atoms with E-state index in [1.807, 2.05) is 11.3 Å². The van der Waals surface area contributed by atoms with Crippen LogP contribution >= 0.6 is 23.1 Å². The average Bonchev–Trinajstić information content (AvgIpc) is 2.95. The van der Waals surface area contributed by atoms with Gasteiger partial charge in [0.2, 0.25) is 0 Å². The molecule has 0 aliphatic heterocycles. The van der Waals surface area contributed by atoms with Gasteiger partial charge >= 0.3 is 0 Å². The molecule has 0 bridgehead atoms. The van der Waals surface area contributed by atoms with Gasteiger partial charge in [-0.2, -0.15) is 11.8 Å². The highest BCUT2D eigenvalue weighted by Crippen LogP contribution is 2.33. The van der Waals surface area contributed by atoms with E-state index in [4.69, 9.17) is 10.7 Å². The maximum Gasteiger partial charge on any atom is 0.103 e. The summed E-state index contributed by atoms with van der Waals surface area (Å²) in [5.74, 6) is 1.09. The minimum Gasteiger partial charge on any atom is -0.326 e. The molecule has 2 nitrogen and oxygen atoms in total. The van der Waals surface area contributed by atoms with Gasteiger partial charge in [-0.15, -0.1) is 11.3 Å². The van der Waals surface area contributed by atoms with Gasteiger partial charge in [-0.05, 0) is 19.3 Å². The molecule has 1 aliphatic rings. The van der Waals surface area contributed by atoms with Crippen molar-refractivity contribution in [2.24, 2.45) is 5.73 Å². The Morgan fingerprint density at radius 2 is 2.18 bits per heavy atom. The summed E-state index contributed by atoms with van der Waals surface area (Å²) in [6.07, 6.45) is 7.89. The van der Waals surface area contributed by atoms with Gasteiger partial charge in [-0.3, -0.25) is 0 Å². The van der Waals surface area contributed by atoms with E-state index in [2.05, 4.69) is 18.7 Å². The molecule has 1 saturated carbocycles. The normalized spacial score (nSPS) is 16.8. The number of aryl methyl sites for hydroxylation is 1. The lowest BCUT2D eigenvalue weighted by molar-refractivity contribution is 0.865. The SMILES string of the molecule is CCCc1nc(CSC2CCCC2)sc1CN. The Hall–Kier alpha value is -0.0600. The summed E-state index contributed by atoms with van der Waals surface area (Å²) in [6, 6.07) is 0. The van der Waals surface area contributed by atoms with Crippen LogP contribution in [0, 0.1) is 0 Å². The Labute approximate surface area is 112 Å². The lowest BCUT2D eigenvalue weighted by atomic mass is 10.2. The first-order valence-electron chi connectivity index (χ1n) is 6.62.